The van der Waals surface area contributed by atoms with Gasteiger partial charge in [0.2, 0.25) is 5.91 Å². The molecule has 0 radical (unpaired) electrons. The summed E-state index contributed by atoms with van der Waals surface area (Å²) in [6, 6.07) is 10.5. The van der Waals surface area contributed by atoms with Crippen molar-refractivity contribution in [3.8, 4) is 5.75 Å². The average Bonchev–Trinajstić information content (AvgIpc) is 3.14. The highest BCUT2D eigenvalue weighted by atomic mass is 16.5. The Bertz CT molecular complexity index is 791. The summed E-state index contributed by atoms with van der Waals surface area (Å²) in [4.78, 5) is 14.0. The second-order valence-electron chi connectivity index (χ2n) is 8.40. The number of carbonyl (C=O) groups is 1. The van der Waals surface area contributed by atoms with Crippen LogP contribution >= 0.6 is 0 Å². The van der Waals surface area contributed by atoms with Crippen LogP contribution in [0, 0.1) is 11.8 Å². The molecule has 2 bridgehead atoms. The van der Waals surface area contributed by atoms with Crippen molar-refractivity contribution in [1.29, 1.82) is 0 Å². The molecular formula is C21H30N5O2+. The molecule has 0 aliphatic carbocycles. The molecule has 7 nitrogen and oxygen atoms in total. The molecule has 5 rings (SSSR count). The fraction of sp³-hybridized carbons (Fsp3) is 0.571. The molecule has 7 heteroatoms. The van der Waals surface area contributed by atoms with Crippen LogP contribution in [0.5, 0.6) is 5.75 Å². The lowest BCUT2D eigenvalue weighted by Crippen LogP contribution is -3.20. The Balaban J connectivity index is 1.31. The lowest BCUT2D eigenvalue weighted by atomic mass is 9.75. The average molecular weight is 385 g/mol. The maximum Gasteiger partial charge on any atom is 0.229 e. The van der Waals surface area contributed by atoms with Crippen molar-refractivity contribution in [3.05, 3.63) is 42.2 Å². The van der Waals surface area contributed by atoms with Gasteiger partial charge in [0.15, 0.2) is 0 Å². The third-order valence-corrected chi connectivity index (χ3v) is 5.94. The molecule has 4 heterocycles. The molecule has 28 heavy (non-hydrogen) atoms. The maximum atomic E-state index is 12.5. The standard InChI is InChI=1S/C21H29N5O2/c1-15(2)22-21(27)20-13-25-9-8-16(20)10-18(25)12-26-11-17(23-24-26)14-28-19-6-4-3-5-7-19/h3-7,11,15-16,18,20H,8-10,12-14H2,1-2H3,(H,22,27)/p+1/t16-,18+,20-/m0/s1. The van der Waals surface area contributed by atoms with Crippen LogP contribution in [0.1, 0.15) is 32.4 Å². The van der Waals surface area contributed by atoms with E-state index in [2.05, 4.69) is 15.6 Å². The van der Waals surface area contributed by atoms with Crippen molar-refractivity contribution in [1.82, 2.24) is 20.3 Å². The Kier molecular flexibility index (Phi) is 5.62. The molecule has 3 saturated heterocycles. The lowest BCUT2D eigenvalue weighted by Gasteiger charge is -2.46. The summed E-state index contributed by atoms with van der Waals surface area (Å²) in [5, 5.41) is 11.6. The van der Waals surface area contributed by atoms with E-state index in [0.717, 1.165) is 43.9 Å². The molecule has 1 amide bonds. The van der Waals surface area contributed by atoms with Gasteiger partial charge < -0.3 is 15.0 Å². The van der Waals surface area contributed by atoms with Gasteiger partial charge in [0.05, 0.1) is 31.7 Å². The van der Waals surface area contributed by atoms with Crippen LogP contribution in [0.4, 0.5) is 0 Å². The Labute approximate surface area is 166 Å². The number of rotatable bonds is 7. The first-order valence-corrected chi connectivity index (χ1v) is 10.3. The van der Waals surface area contributed by atoms with E-state index in [0.29, 0.717) is 18.6 Å². The molecule has 0 spiro atoms. The third kappa shape index (κ3) is 4.35. The first kappa shape index (κ1) is 18.9. The number of fused-ring (bicyclic) bond motifs is 3. The molecular weight excluding hydrogens is 354 g/mol. The van der Waals surface area contributed by atoms with Crippen molar-refractivity contribution in [3.63, 3.8) is 0 Å². The number of piperidine rings is 3. The van der Waals surface area contributed by atoms with Gasteiger partial charge in [-0.3, -0.25) is 4.79 Å². The number of quaternary nitrogens is 1. The number of carbonyl (C=O) groups excluding carboxylic acids is 1. The first-order valence-electron chi connectivity index (χ1n) is 10.3. The molecule has 1 unspecified atom stereocenters. The van der Waals surface area contributed by atoms with Gasteiger partial charge in [0, 0.05) is 18.9 Å². The predicted molar refractivity (Wildman–Crippen MR) is 105 cm³/mol. The molecule has 2 aromatic rings. The highest BCUT2D eigenvalue weighted by Gasteiger charge is 2.46. The van der Waals surface area contributed by atoms with Crippen molar-refractivity contribution >= 4 is 5.91 Å². The van der Waals surface area contributed by atoms with Crippen LogP contribution in [-0.4, -0.2) is 46.1 Å². The number of hydrogen-bond acceptors (Lipinski definition) is 4. The Morgan fingerprint density at radius 3 is 2.89 bits per heavy atom. The maximum absolute atomic E-state index is 12.5. The number of hydrogen-bond donors (Lipinski definition) is 2. The van der Waals surface area contributed by atoms with Gasteiger partial charge in [-0.25, -0.2) is 4.68 Å². The minimum absolute atomic E-state index is 0.160. The van der Waals surface area contributed by atoms with Gasteiger partial charge >= 0.3 is 0 Å². The quantitative estimate of drug-likeness (QED) is 0.736. The number of nitrogens with zero attached hydrogens (tertiary/aromatic N) is 3. The van der Waals surface area contributed by atoms with Crippen molar-refractivity contribution in [2.24, 2.45) is 11.8 Å². The van der Waals surface area contributed by atoms with Crippen LogP contribution in [0.3, 0.4) is 0 Å². The Morgan fingerprint density at radius 1 is 1.36 bits per heavy atom. The van der Waals surface area contributed by atoms with E-state index in [4.69, 9.17) is 4.74 Å². The van der Waals surface area contributed by atoms with E-state index >= 15 is 0 Å². The highest BCUT2D eigenvalue weighted by Crippen LogP contribution is 2.27. The number of para-hydroxylation sites is 1. The molecule has 3 fully saturated rings. The summed E-state index contributed by atoms with van der Waals surface area (Å²) in [5.74, 6) is 1.72. The fourth-order valence-corrected chi connectivity index (χ4v) is 4.60. The predicted octanol–water partition coefficient (Wildman–Crippen LogP) is 0.675. The zero-order chi connectivity index (χ0) is 19.5. The van der Waals surface area contributed by atoms with Gasteiger partial charge in [-0.15, -0.1) is 5.10 Å². The molecule has 2 N–H and O–H groups in total. The molecule has 4 atom stereocenters. The largest absolute Gasteiger partial charge is 0.487 e. The van der Waals surface area contributed by atoms with Gasteiger partial charge in [-0.1, -0.05) is 23.4 Å². The number of ether oxygens (including phenoxy) is 1. The molecule has 0 saturated carbocycles. The van der Waals surface area contributed by atoms with Crippen LogP contribution in [0.2, 0.25) is 0 Å². The van der Waals surface area contributed by atoms with Crippen LogP contribution in [0.15, 0.2) is 36.5 Å². The summed E-state index contributed by atoms with van der Waals surface area (Å²) in [6.45, 7) is 7.41. The number of amides is 1. The molecule has 150 valence electrons. The zero-order valence-corrected chi connectivity index (χ0v) is 16.7. The van der Waals surface area contributed by atoms with Crippen molar-refractivity contribution in [2.45, 2.75) is 51.9 Å². The fourth-order valence-electron chi connectivity index (χ4n) is 4.60. The van der Waals surface area contributed by atoms with Crippen molar-refractivity contribution < 1.29 is 14.4 Å². The minimum Gasteiger partial charge on any atom is -0.487 e. The van der Waals surface area contributed by atoms with E-state index in [1.807, 2.05) is 55.1 Å². The van der Waals surface area contributed by atoms with Crippen LogP contribution in [-0.2, 0) is 17.9 Å². The topological polar surface area (TPSA) is 73.5 Å². The second kappa shape index (κ2) is 8.31. The van der Waals surface area contributed by atoms with E-state index < -0.39 is 0 Å². The van der Waals surface area contributed by atoms with Gasteiger partial charge in [0.25, 0.3) is 0 Å². The minimum atomic E-state index is 0.160. The number of aromatic nitrogens is 3. The van der Waals surface area contributed by atoms with E-state index in [9.17, 15) is 4.79 Å². The smallest absolute Gasteiger partial charge is 0.229 e. The zero-order valence-electron chi connectivity index (χ0n) is 16.7. The van der Waals surface area contributed by atoms with E-state index in [1.165, 1.54) is 4.90 Å². The summed E-state index contributed by atoms with van der Waals surface area (Å²) in [5.41, 5.74) is 0.837. The SMILES string of the molecule is CC(C)NC(=O)[C@H]1C[NH+]2CC[C@H]1C[C@@H]2Cn1cc(COc2ccccc2)nn1. The first-order chi connectivity index (χ1) is 13.6. The summed E-state index contributed by atoms with van der Waals surface area (Å²) >= 11 is 0. The summed E-state index contributed by atoms with van der Waals surface area (Å²) in [6.07, 6.45) is 4.21. The summed E-state index contributed by atoms with van der Waals surface area (Å²) < 4.78 is 7.69. The normalized spacial score (nSPS) is 26.4. The molecule has 3 aliphatic heterocycles. The number of benzene rings is 1. The molecule has 3 aliphatic rings. The Hall–Kier alpha value is -2.41. The van der Waals surface area contributed by atoms with Gasteiger partial charge in [-0.05, 0) is 31.9 Å². The Morgan fingerprint density at radius 2 is 2.18 bits per heavy atom. The molecule has 1 aromatic heterocycles. The van der Waals surface area contributed by atoms with Crippen molar-refractivity contribution in [2.75, 3.05) is 13.1 Å². The van der Waals surface area contributed by atoms with Crippen LogP contribution < -0.4 is 15.0 Å². The van der Waals surface area contributed by atoms with Gasteiger partial charge in [-0.2, -0.15) is 0 Å². The van der Waals surface area contributed by atoms with E-state index in [-0.39, 0.29) is 17.9 Å². The second-order valence-corrected chi connectivity index (χ2v) is 8.40. The summed E-state index contributed by atoms with van der Waals surface area (Å²) in [7, 11) is 0. The lowest BCUT2D eigenvalue weighted by molar-refractivity contribution is -0.945. The number of nitrogens with one attached hydrogen (secondary N) is 2. The van der Waals surface area contributed by atoms with Crippen LogP contribution in [0.25, 0.3) is 0 Å². The third-order valence-electron chi connectivity index (χ3n) is 5.94. The monoisotopic (exact) mass is 384 g/mol. The van der Waals surface area contributed by atoms with E-state index in [1.54, 1.807) is 0 Å². The van der Waals surface area contributed by atoms with Gasteiger partial charge in [0.1, 0.15) is 24.1 Å². The highest BCUT2D eigenvalue weighted by molar-refractivity contribution is 5.79. The molecule has 1 aromatic carbocycles.